The molecule has 0 unspecified atom stereocenters. The normalized spacial score (nSPS) is 15.6. The van der Waals surface area contributed by atoms with Crippen molar-refractivity contribution in [1.29, 1.82) is 0 Å². The van der Waals surface area contributed by atoms with E-state index in [0.29, 0.717) is 18.9 Å². The highest BCUT2D eigenvalue weighted by molar-refractivity contribution is 7.86. The van der Waals surface area contributed by atoms with Crippen molar-refractivity contribution in [2.75, 3.05) is 6.61 Å². The smallest absolute Gasteiger partial charge is 0.417 e. The number of allylic oxidation sites excluding steroid dienone is 1. The van der Waals surface area contributed by atoms with Crippen molar-refractivity contribution in [3.63, 3.8) is 0 Å². The maximum atomic E-state index is 13.1. The van der Waals surface area contributed by atoms with Crippen molar-refractivity contribution in [2.24, 2.45) is 5.92 Å². The molecule has 0 radical (unpaired) electrons. The average molecular weight is 406 g/mol. The molecule has 0 heterocycles. The van der Waals surface area contributed by atoms with Gasteiger partial charge < -0.3 is 4.74 Å². The van der Waals surface area contributed by atoms with Crippen LogP contribution in [0.25, 0.3) is 0 Å². The van der Waals surface area contributed by atoms with Crippen LogP contribution >= 0.6 is 0 Å². The predicted molar refractivity (Wildman–Crippen MR) is 87.8 cm³/mol. The number of benzene rings is 1. The van der Waals surface area contributed by atoms with Crippen LogP contribution in [-0.4, -0.2) is 31.1 Å². The van der Waals surface area contributed by atoms with Crippen LogP contribution in [0.4, 0.5) is 13.2 Å². The zero-order valence-electron chi connectivity index (χ0n) is 14.5. The van der Waals surface area contributed by atoms with E-state index in [1.165, 1.54) is 0 Å². The van der Waals surface area contributed by atoms with Crippen molar-refractivity contribution in [2.45, 2.75) is 37.8 Å². The molecule has 0 atom stereocenters. The summed E-state index contributed by atoms with van der Waals surface area (Å²) in [4.78, 5) is 23.7. The van der Waals surface area contributed by atoms with E-state index in [1.807, 2.05) is 0 Å². The number of hydrogen-bond acceptors (Lipinski definition) is 5. The number of carbonyl (C=O) groups excluding carboxylic acids is 2. The molecule has 1 aliphatic rings. The summed E-state index contributed by atoms with van der Waals surface area (Å²) >= 11 is 0. The van der Waals surface area contributed by atoms with E-state index in [-0.39, 0.29) is 18.1 Å². The number of halogens is 3. The fourth-order valence-electron chi connectivity index (χ4n) is 2.59. The highest BCUT2D eigenvalue weighted by Gasteiger charge is 2.40. The van der Waals surface area contributed by atoms with E-state index in [2.05, 4.69) is 0 Å². The summed E-state index contributed by atoms with van der Waals surface area (Å²) in [5, 5.41) is 0. The molecule has 0 aliphatic heterocycles. The van der Waals surface area contributed by atoms with Crippen LogP contribution in [0.15, 0.2) is 28.9 Å². The first-order valence-corrected chi connectivity index (χ1v) is 9.42. The number of ether oxygens (including phenoxy) is 1. The summed E-state index contributed by atoms with van der Waals surface area (Å²) in [5.74, 6) is -1.84. The molecule has 1 aromatic rings. The van der Waals surface area contributed by atoms with Gasteiger partial charge in [-0.15, -0.1) is 0 Å². The minimum absolute atomic E-state index is 0.150. The summed E-state index contributed by atoms with van der Waals surface area (Å²) in [6.07, 6.45) is -2.96. The number of rotatable bonds is 7. The van der Waals surface area contributed by atoms with Gasteiger partial charge in [0.25, 0.3) is 10.1 Å². The van der Waals surface area contributed by atoms with Gasteiger partial charge in [0.05, 0.1) is 18.4 Å². The second-order valence-corrected chi connectivity index (χ2v) is 7.40. The Kier molecular flexibility index (Phi) is 5.81. The lowest BCUT2D eigenvalue weighted by molar-refractivity contribution is -0.140. The summed E-state index contributed by atoms with van der Waals surface area (Å²) in [5.41, 5.74) is -3.00. The second-order valence-electron chi connectivity index (χ2n) is 6.04. The zero-order valence-corrected chi connectivity index (χ0v) is 15.3. The molecule has 1 fully saturated rings. The lowest BCUT2D eigenvalue weighted by Crippen LogP contribution is -2.20. The van der Waals surface area contributed by atoms with Crippen molar-refractivity contribution >= 4 is 21.7 Å². The Hall–Kier alpha value is -2.20. The molecule has 0 bridgehead atoms. The molecule has 0 aromatic heterocycles. The van der Waals surface area contributed by atoms with Gasteiger partial charge in [0.2, 0.25) is 0 Å². The van der Waals surface area contributed by atoms with Gasteiger partial charge >= 0.3 is 6.18 Å². The highest BCUT2D eigenvalue weighted by atomic mass is 32.2. The summed E-state index contributed by atoms with van der Waals surface area (Å²) in [6, 6.07) is 1.18. The van der Waals surface area contributed by atoms with Gasteiger partial charge in [-0.1, -0.05) is 6.07 Å². The van der Waals surface area contributed by atoms with E-state index >= 15 is 0 Å². The Morgan fingerprint density at radius 2 is 1.89 bits per heavy atom. The number of alkyl halides is 3. The van der Waals surface area contributed by atoms with Crippen LogP contribution in [0, 0.1) is 12.8 Å². The number of ketones is 2. The van der Waals surface area contributed by atoms with Crippen molar-refractivity contribution < 1.29 is 40.5 Å². The van der Waals surface area contributed by atoms with Gasteiger partial charge in [0.15, 0.2) is 11.6 Å². The Bertz CT molecular complexity index is 911. The van der Waals surface area contributed by atoms with E-state index in [0.717, 1.165) is 19.3 Å². The van der Waals surface area contributed by atoms with Gasteiger partial charge in [-0.3, -0.25) is 14.1 Å². The molecule has 1 saturated carbocycles. The Morgan fingerprint density at radius 1 is 1.30 bits per heavy atom. The first-order valence-electron chi connectivity index (χ1n) is 7.98. The lowest BCUT2D eigenvalue weighted by atomic mass is 9.94. The summed E-state index contributed by atoms with van der Waals surface area (Å²) in [7, 11) is -5.28. The van der Waals surface area contributed by atoms with Crippen LogP contribution in [-0.2, 0) is 25.8 Å². The third kappa shape index (κ3) is 4.56. The van der Waals surface area contributed by atoms with Gasteiger partial charge in [0.1, 0.15) is 10.5 Å². The second kappa shape index (κ2) is 7.43. The number of Topliss-reactive ketones (excluding diaryl/α,β-unsaturated/α-hetero) is 2. The molecule has 1 aliphatic carbocycles. The van der Waals surface area contributed by atoms with Crippen LogP contribution in [0.2, 0.25) is 0 Å². The Labute approximate surface area is 153 Å². The average Bonchev–Trinajstić information content (AvgIpc) is 3.37. The van der Waals surface area contributed by atoms with E-state index in [9.17, 15) is 35.7 Å². The maximum Gasteiger partial charge on any atom is 0.417 e. The van der Waals surface area contributed by atoms with Gasteiger partial charge in [-0.25, -0.2) is 0 Å². The molecular formula is C17H17F3O6S. The van der Waals surface area contributed by atoms with Crippen LogP contribution in [0.3, 0.4) is 0 Å². The van der Waals surface area contributed by atoms with Gasteiger partial charge in [0, 0.05) is 11.5 Å². The van der Waals surface area contributed by atoms with Crippen molar-refractivity contribution in [1.82, 2.24) is 0 Å². The Morgan fingerprint density at radius 3 is 2.33 bits per heavy atom. The van der Waals surface area contributed by atoms with Crippen LogP contribution < -0.4 is 0 Å². The fourth-order valence-corrected chi connectivity index (χ4v) is 3.55. The van der Waals surface area contributed by atoms with Crippen LogP contribution in [0.5, 0.6) is 0 Å². The third-order valence-electron chi connectivity index (χ3n) is 4.04. The van der Waals surface area contributed by atoms with E-state index in [1.54, 1.807) is 6.92 Å². The minimum atomic E-state index is -5.28. The van der Waals surface area contributed by atoms with E-state index in [4.69, 9.17) is 4.74 Å². The monoisotopic (exact) mass is 406 g/mol. The SMILES string of the molecule is CCOC=C(C(=O)c1ccc(C(F)(F)F)c(S(=O)(=O)O)c1C)C(=O)C1CC1. The van der Waals surface area contributed by atoms with Gasteiger partial charge in [-0.05, 0) is 38.3 Å². The standard InChI is InChI=1S/C17H17F3O6S/c1-3-26-8-12(14(21)10-4-5-10)15(22)11-6-7-13(17(18,19)20)16(9(11)2)27(23,24)25/h6-8,10H,3-5H2,1-2H3,(H,23,24,25). The summed E-state index contributed by atoms with van der Waals surface area (Å²) in [6.45, 7) is 2.72. The molecule has 1 N–H and O–H groups in total. The first-order chi connectivity index (χ1) is 12.4. The zero-order chi connectivity index (χ0) is 20.6. The first kappa shape index (κ1) is 21.1. The molecule has 27 heavy (non-hydrogen) atoms. The van der Waals surface area contributed by atoms with E-state index < -0.39 is 49.4 Å². The van der Waals surface area contributed by atoms with Crippen molar-refractivity contribution in [3.8, 4) is 0 Å². The van der Waals surface area contributed by atoms with Gasteiger partial charge in [-0.2, -0.15) is 21.6 Å². The van der Waals surface area contributed by atoms with Crippen LogP contribution in [0.1, 0.15) is 41.3 Å². The lowest BCUT2D eigenvalue weighted by Gasteiger charge is -2.16. The molecule has 148 valence electrons. The maximum absolute atomic E-state index is 13.1. The minimum Gasteiger partial charge on any atom is -0.501 e. The molecule has 0 amide bonds. The molecule has 1 aromatic carbocycles. The molecule has 0 spiro atoms. The molecule has 2 rings (SSSR count). The Balaban J connectivity index is 2.63. The number of carbonyl (C=O) groups is 2. The largest absolute Gasteiger partial charge is 0.501 e. The highest BCUT2D eigenvalue weighted by Crippen LogP contribution is 2.38. The molecule has 10 heteroatoms. The summed E-state index contributed by atoms with van der Waals surface area (Å²) < 4.78 is 76.7. The third-order valence-corrected chi connectivity index (χ3v) is 5.08. The number of hydrogen-bond donors (Lipinski definition) is 1. The fraction of sp³-hybridized carbons (Fsp3) is 0.412. The van der Waals surface area contributed by atoms with Crippen molar-refractivity contribution in [3.05, 3.63) is 40.7 Å². The molecule has 6 nitrogen and oxygen atoms in total. The quantitative estimate of drug-likeness (QED) is 0.186. The predicted octanol–water partition coefficient (Wildman–Crippen LogP) is 3.34. The molecular weight excluding hydrogens is 389 g/mol. The molecule has 0 saturated heterocycles. The topological polar surface area (TPSA) is 97.7 Å².